The van der Waals surface area contributed by atoms with Crippen LogP contribution in [0.5, 0.6) is 11.5 Å². The lowest BCUT2D eigenvalue weighted by atomic mass is 10.0. The normalized spacial score (nSPS) is 16.7. The molecule has 5 atom stereocenters. The van der Waals surface area contributed by atoms with Crippen LogP contribution in [0.1, 0.15) is 38.8 Å². The summed E-state index contributed by atoms with van der Waals surface area (Å²) in [6.45, 7) is 5.49. The van der Waals surface area contributed by atoms with Crippen molar-refractivity contribution in [3.05, 3.63) is 96.7 Å². The van der Waals surface area contributed by atoms with Crippen LogP contribution < -0.4 is 26.4 Å². The molecule has 15 nitrogen and oxygen atoms in total. The van der Waals surface area contributed by atoms with E-state index in [9.17, 15) is 32.3 Å². The Morgan fingerprint density at radius 1 is 0.912 bits per heavy atom. The Bertz CT molecular complexity index is 1980. The van der Waals surface area contributed by atoms with Gasteiger partial charge < -0.3 is 36.4 Å². The van der Waals surface area contributed by atoms with Crippen molar-refractivity contribution in [2.75, 3.05) is 13.6 Å². The number of nitrogens with two attached hydrogens (primary N) is 1. The van der Waals surface area contributed by atoms with Crippen LogP contribution in [0.25, 0.3) is 11.3 Å². The number of para-hydroxylation sites is 1. The molecule has 3 aromatic carbocycles. The molecule has 6 N–H and O–H groups in total. The number of amides is 4. The molecule has 4 aromatic rings. The zero-order valence-corrected chi connectivity index (χ0v) is 31.6. The lowest BCUT2D eigenvalue weighted by Gasteiger charge is -2.31. The maximum absolute atomic E-state index is 14.2. The van der Waals surface area contributed by atoms with Gasteiger partial charge in [0.25, 0.3) is 0 Å². The largest absolute Gasteiger partial charge is 0.490 e. The Morgan fingerprint density at radius 3 is 2.04 bits per heavy atom. The summed E-state index contributed by atoms with van der Waals surface area (Å²) in [7, 11) is 1.66. The van der Waals surface area contributed by atoms with Crippen LogP contribution in [0.2, 0.25) is 0 Å². The Kier molecular flexibility index (Phi) is 14.9. The average molecular weight is 795 g/mol. The van der Waals surface area contributed by atoms with Crippen molar-refractivity contribution in [2.24, 2.45) is 11.7 Å². The Morgan fingerprint density at radius 2 is 1.49 bits per heavy atom. The Labute approximate surface area is 326 Å². The summed E-state index contributed by atoms with van der Waals surface area (Å²) in [6, 6.07) is 22.3. The van der Waals surface area contributed by atoms with Gasteiger partial charge in [0.1, 0.15) is 35.3 Å². The van der Waals surface area contributed by atoms with Crippen LogP contribution in [-0.4, -0.2) is 98.5 Å². The van der Waals surface area contributed by atoms with Gasteiger partial charge in [0.15, 0.2) is 0 Å². The quantitative estimate of drug-likeness (QED) is 0.126. The van der Waals surface area contributed by atoms with Gasteiger partial charge in [0.2, 0.25) is 23.6 Å². The number of aliphatic carboxylic acids is 1. The zero-order chi connectivity index (χ0) is 41.9. The number of carboxylic acid groups (broad SMARTS) is 1. The van der Waals surface area contributed by atoms with E-state index in [4.69, 9.17) is 20.4 Å². The van der Waals surface area contributed by atoms with Crippen molar-refractivity contribution < 1.29 is 47.0 Å². The molecule has 0 bridgehead atoms. The molecule has 304 valence electrons. The number of carbonyl (C=O) groups excluding carboxylic acids is 4. The number of rotatable bonds is 14. The molecule has 0 spiro atoms. The molecule has 0 saturated carbocycles. The highest BCUT2D eigenvalue weighted by atomic mass is 19.4. The van der Waals surface area contributed by atoms with Crippen molar-refractivity contribution in [2.45, 2.75) is 70.0 Å². The van der Waals surface area contributed by atoms with Gasteiger partial charge in [-0.2, -0.15) is 13.2 Å². The van der Waals surface area contributed by atoms with E-state index in [2.05, 4.69) is 26.3 Å². The number of likely N-dealkylation sites (N-methyl/N-ethyl adjacent to an activating group) is 1. The number of carbonyl (C=O) groups is 5. The molecule has 1 fully saturated rings. The molecule has 18 heteroatoms. The van der Waals surface area contributed by atoms with Gasteiger partial charge in [-0.3, -0.25) is 19.2 Å². The van der Waals surface area contributed by atoms with Crippen LogP contribution in [0.3, 0.4) is 0 Å². The lowest BCUT2D eigenvalue weighted by Crippen LogP contribution is -2.58. The highest BCUT2D eigenvalue weighted by Crippen LogP contribution is 2.31. The lowest BCUT2D eigenvalue weighted by molar-refractivity contribution is -0.192. The summed E-state index contributed by atoms with van der Waals surface area (Å²) in [5, 5.41) is 24.4. The molecule has 2 heterocycles. The number of nitrogens with one attached hydrogen (secondary N) is 3. The zero-order valence-electron chi connectivity index (χ0n) is 31.6. The van der Waals surface area contributed by atoms with Gasteiger partial charge in [-0.1, -0.05) is 67.6 Å². The van der Waals surface area contributed by atoms with Crippen LogP contribution in [0, 0.1) is 5.92 Å². The molecule has 0 radical (unpaired) electrons. The maximum atomic E-state index is 14.2. The van der Waals surface area contributed by atoms with Gasteiger partial charge >= 0.3 is 12.1 Å². The summed E-state index contributed by atoms with van der Waals surface area (Å²) >= 11 is 0. The fourth-order valence-corrected chi connectivity index (χ4v) is 5.85. The van der Waals surface area contributed by atoms with E-state index in [-0.39, 0.29) is 31.2 Å². The van der Waals surface area contributed by atoms with Crippen molar-refractivity contribution in [3.8, 4) is 22.8 Å². The molecule has 0 aliphatic carbocycles. The number of benzene rings is 3. The third-order valence-corrected chi connectivity index (χ3v) is 9.12. The van der Waals surface area contributed by atoms with E-state index < -0.39 is 60.1 Å². The molecular formula is C39H45F3N8O7. The predicted molar refractivity (Wildman–Crippen MR) is 201 cm³/mol. The topological polar surface area (TPSA) is 211 Å². The number of halogens is 3. The van der Waals surface area contributed by atoms with Gasteiger partial charge in [0.05, 0.1) is 18.3 Å². The van der Waals surface area contributed by atoms with E-state index in [0.29, 0.717) is 11.4 Å². The third-order valence-electron chi connectivity index (χ3n) is 9.12. The van der Waals surface area contributed by atoms with Crippen LogP contribution in [-0.2, 0) is 30.4 Å². The second-order valence-corrected chi connectivity index (χ2v) is 13.6. The smallest absolute Gasteiger partial charge is 0.475 e. The minimum Gasteiger partial charge on any atom is -0.475 e. The van der Waals surface area contributed by atoms with Crippen molar-refractivity contribution in [1.82, 2.24) is 35.8 Å². The third kappa shape index (κ3) is 12.1. The van der Waals surface area contributed by atoms with E-state index in [1.807, 2.05) is 98.8 Å². The first-order chi connectivity index (χ1) is 27.0. The van der Waals surface area contributed by atoms with Gasteiger partial charge in [-0.25, -0.2) is 9.48 Å². The summed E-state index contributed by atoms with van der Waals surface area (Å²) in [6.07, 6.45) is -2.91. The summed E-state index contributed by atoms with van der Waals surface area (Å²) in [4.78, 5) is 63.8. The van der Waals surface area contributed by atoms with Crippen molar-refractivity contribution in [1.29, 1.82) is 0 Å². The van der Waals surface area contributed by atoms with Gasteiger partial charge in [-0.05, 0) is 61.9 Å². The molecule has 4 amide bonds. The van der Waals surface area contributed by atoms with Crippen LogP contribution in [0.4, 0.5) is 13.2 Å². The Balaban J connectivity index is 0.000000940. The molecule has 1 aromatic heterocycles. The average Bonchev–Trinajstić information content (AvgIpc) is 3.86. The van der Waals surface area contributed by atoms with E-state index in [1.165, 1.54) is 4.90 Å². The first kappa shape index (κ1) is 43.4. The summed E-state index contributed by atoms with van der Waals surface area (Å²) in [5.41, 5.74) is 7.95. The van der Waals surface area contributed by atoms with Crippen molar-refractivity contribution >= 4 is 29.6 Å². The minimum atomic E-state index is -5.08. The molecule has 5 rings (SSSR count). The van der Waals surface area contributed by atoms with Crippen molar-refractivity contribution in [3.63, 3.8) is 0 Å². The number of hydrogen-bond donors (Lipinski definition) is 5. The van der Waals surface area contributed by atoms with Crippen LogP contribution >= 0.6 is 0 Å². The van der Waals surface area contributed by atoms with E-state index in [0.717, 1.165) is 16.9 Å². The second-order valence-electron chi connectivity index (χ2n) is 13.6. The Hall–Kier alpha value is -6.30. The molecular weight excluding hydrogens is 749 g/mol. The number of alkyl halides is 3. The minimum absolute atomic E-state index is 0.129. The van der Waals surface area contributed by atoms with Gasteiger partial charge in [0, 0.05) is 24.9 Å². The number of aromatic nitrogens is 3. The second kappa shape index (κ2) is 19.5. The molecule has 1 aliphatic rings. The van der Waals surface area contributed by atoms with Gasteiger partial charge in [-0.15, -0.1) is 5.10 Å². The number of nitrogens with zero attached hydrogens (tertiary/aromatic N) is 4. The number of ether oxygens (including phenoxy) is 1. The SMILES string of the molecule is CN[C@@H](C)C(=O)N[C@H](C(=O)N1C[C@H](n2cc(-c3ccc(Oc4ccccc4)cc3)nn2)C[C@H]1C(=O)N[C@@H](Cc1ccccc1)C(N)=O)C(C)C.O=C(O)C(F)(F)F. The molecule has 1 saturated heterocycles. The first-order valence-electron chi connectivity index (χ1n) is 18.0. The number of carboxylic acids is 1. The van der Waals surface area contributed by atoms with Crippen LogP contribution in [0.15, 0.2) is 91.1 Å². The highest BCUT2D eigenvalue weighted by Gasteiger charge is 2.44. The number of primary amides is 1. The maximum Gasteiger partial charge on any atom is 0.490 e. The summed E-state index contributed by atoms with van der Waals surface area (Å²) < 4.78 is 39.3. The molecule has 0 unspecified atom stereocenters. The number of likely N-dealkylation sites (tertiary alicyclic amines) is 1. The molecule has 57 heavy (non-hydrogen) atoms. The predicted octanol–water partition coefficient (Wildman–Crippen LogP) is 3.47. The fraction of sp³-hybridized carbons (Fsp3) is 0.359. The summed E-state index contributed by atoms with van der Waals surface area (Å²) in [5.74, 6) is -3.60. The van der Waals surface area contributed by atoms with E-state index in [1.54, 1.807) is 24.9 Å². The van der Waals surface area contributed by atoms with E-state index >= 15 is 0 Å². The highest BCUT2D eigenvalue weighted by molar-refractivity contribution is 5.95. The molecule has 1 aliphatic heterocycles. The standard InChI is InChI=1S/C37H44N8O5.C2HF3O2/c1-23(2)33(41-35(47)24(3)39-4)37(49)44-21-27(20-32(44)36(48)40-30(34(38)46)19-25-11-7-5-8-12-25)45-22-31(42-43-45)26-15-17-29(18-16-26)50-28-13-9-6-10-14-28;3-2(4,5)1(6)7/h5-18,22-24,27,30,32-33,39H,19-21H2,1-4H3,(H2,38,46)(H,40,48)(H,41,47);(H,6,7)/t24-,27+,30-,32-,33-;/m0./s1. The monoisotopic (exact) mass is 794 g/mol. The fourth-order valence-electron chi connectivity index (χ4n) is 5.85. The first-order valence-corrected chi connectivity index (χ1v) is 18.0. The number of hydrogen-bond acceptors (Lipinski definition) is 9.